The molecule has 1 atom stereocenters. The molecule has 1 fully saturated rings. The Bertz CT molecular complexity index is 909. The van der Waals surface area contributed by atoms with E-state index in [9.17, 15) is 14.4 Å². The minimum atomic E-state index is -0.523. The van der Waals surface area contributed by atoms with E-state index < -0.39 is 11.2 Å². The standard InChI is InChI=1S/C17H21N5O5/c1-26-15-16(19-7-6-18-15)27-12-3-2-8-22(11-12)14(24)5-10-21-9-4-13(23)20-17(21)25/h4,6-7,9,12H,2-3,5,8,10-11H2,1H3,(H,20,23,25)/t12-/m1/s1. The Hall–Kier alpha value is -3.17. The summed E-state index contributed by atoms with van der Waals surface area (Å²) in [5.74, 6) is 0.532. The molecule has 0 unspecified atom stereocenters. The quantitative estimate of drug-likeness (QED) is 0.742. The van der Waals surface area contributed by atoms with Crippen LogP contribution in [-0.2, 0) is 11.3 Å². The molecule has 0 bridgehead atoms. The Labute approximate surface area is 154 Å². The first kappa shape index (κ1) is 18.6. The molecule has 3 heterocycles. The molecule has 27 heavy (non-hydrogen) atoms. The van der Waals surface area contributed by atoms with Crippen LogP contribution in [-0.4, -0.2) is 56.6 Å². The van der Waals surface area contributed by atoms with Crippen molar-refractivity contribution in [3.8, 4) is 11.8 Å². The number of nitrogens with zero attached hydrogens (tertiary/aromatic N) is 4. The Morgan fingerprint density at radius 2 is 2.07 bits per heavy atom. The molecule has 1 N–H and O–H groups in total. The number of hydrogen-bond donors (Lipinski definition) is 1. The third-order valence-corrected chi connectivity index (χ3v) is 4.30. The molecular formula is C17H21N5O5. The van der Waals surface area contributed by atoms with Gasteiger partial charge in [0.15, 0.2) is 0 Å². The molecule has 2 aromatic rings. The fourth-order valence-corrected chi connectivity index (χ4v) is 2.95. The van der Waals surface area contributed by atoms with Crippen molar-refractivity contribution in [2.45, 2.75) is 31.9 Å². The molecule has 0 spiro atoms. The summed E-state index contributed by atoms with van der Waals surface area (Å²) >= 11 is 0. The van der Waals surface area contributed by atoms with Crippen molar-refractivity contribution < 1.29 is 14.3 Å². The van der Waals surface area contributed by atoms with Gasteiger partial charge in [-0.25, -0.2) is 14.8 Å². The molecule has 1 saturated heterocycles. The number of aromatic amines is 1. The molecule has 1 aliphatic rings. The van der Waals surface area contributed by atoms with E-state index in [4.69, 9.17) is 9.47 Å². The van der Waals surface area contributed by atoms with Crippen molar-refractivity contribution in [1.29, 1.82) is 0 Å². The predicted octanol–water partition coefficient (Wildman–Crippen LogP) is -0.205. The lowest BCUT2D eigenvalue weighted by molar-refractivity contribution is -0.134. The fraction of sp³-hybridized carbons (Fsp3) is 0.471. The summed E-state index contributed by atoms with van der Waals surface area (Å²) in [6.45, 7) is 1.27. The Kier molecular flexibility index (Phi) is 5.84. The number of hydrogen-bond acceptors (Lipinski definition) is 7. The van der Waals surface area contributed by atoms with Crippen molar-refractivity contribution in [3.05, 3.63) is 45.5 Å². The number of piperidine rings is 1. The minimum Gasteiger partial charge on any atom is -0.477 e. The molecule has 1 aliphatic heterocycles. The van der Waals surface area contributed by atoms with Crippen LogP contribution in [0.1, 0.15) is 19.3 Å². The Morgan fingerprint density at radius 1 is 1.30 bits per heavy atom. The summed E-state index contributed by atoms with van der Waals surface area (Å²) < 4.78 is 12.3. The maximum atomic E-state index is 12.5. The first-order valence-corrected chi connectivity index (χ1v) is 8.66. The molecule has 0 radical (unpaired) electrons. The van der Waals surface area contributed by atoms with Crippen LogP contribution < -0.4 is 20.7 Å². The van der Waals surface area contributed by atoms with Crippen LogP contribution in [0.25, 0.3) is 0 Å². The lowest BCUT2D eigenvalue weighted by Crippen LogP contribution is -2.45. The number of amides is 1. The van der Waals surface area contributed by atoms with Crippen LogP contribution in [0.5, 0.6) is 11.8 Å². The van der Waals surface area contributed by atoms with Gasteiger partial charge in [0, 0.05) is 44.2 Å². The van der Waals surface area contributed by atoms with Gasteiger partial charge in [-0.1, -0.05) is 0 Å². The smallest absolute Gasteiger partial charge is 0.328 e. The first-order chi connectivity index (χ1) is 13.1. The Morgan fingerprint density at radius 3 is 2.81 bits per heavy atom. The van der Waals surface area contributed by atoms with Gasteiger partial charge in [0.25, 0.3) is 17.3 Å². The summed E-state index contributed by atoms with van der Waals surface area (Å²) in [6.07, 6.45) is 5.97. The number of methoxy groups -OCH3 is 1. The number of rotatable bonds is 6. The summed E-state index contributed by atoms with van der Waals surface area (Å²) in [7, 11) is 1.49. The van der Waals surface area contributed by atoms with Crippen molar-refractivity contribution in [1.82, 2.24) is 24.4 Å². The van der Waals surface area contributed by atoms with Gasteiger partial charge in [0.05, 0.1) is 13.7 Å². The highest BCUT2D eigenvalue weighted by Crippen LogP contribution is 2.24. The molecule has 144 valence electrons. The molecule has 10 nitrogen and oxygen atoms in total. The van der Waals surface area contributed by atoms with Gasteiger partial charge in [-0.3, -0.25) is 14.6 Å². The molecular weight excluding hydrogens is 354 g/mol. The van der Waals surface area contributed by atoms with Crippen molar-refractivity contribution in [3.63, 3.8) is 0 Å². The minimum absolute atomic E-state index is 0.0764. The van der Waals surface area contributed by atoms with Crippen LogP contribution in [0.2, 0.25) is 0 Å². The van der Waals surface area contributed by atoms with Gasteiger partial charge in [0.2, 0.25) is 5.91 Å². The van der Waals surface area contributed by atoms with E-state index in [1.807, 2.05) is 0 Å². The maximum absolute atomic E-state index is 12.5. The lowest BCUT2D eigenvalue weighted by Gasteiger charge is -2.32. The Balaban J connectivity index is 1.57. The van der Waals surface area contributed by atoms with Crippen LogP contribution in [0, 0.1) is 0 Å². The summed E-state index contributed by atoms with van der Waals surface area (Å²) in [5.41, 5.74) is -0.983. The third kappa shape index (κ3) is 4.72. The number of aromatic nitrogens is 4. The molecule has 1 amide bonds. The van der Waals surface area contributed by atoms with Gasteiger partial charge < -0.3 is 18.9 Å². The van der Waals surface area contributed by atoms with Crippen LogP contribution >= 0.6 is 0 Å². The van der Waals surface area contributed by atoms with E-state index in [0.29, 0.717) is 24.8 Å². The largest absolute Gasteiger partial charge is 0.477 e. The number of carbonyl (C=O) groups excluding carboxylic acids is 1. The van der Waals surface area contributed by atoms with E-state index in [0.717, 1.165) is 12.8 Å². The predicted molar refractivity (Wildman–Crippen MR) is 94.8 cm³/mol. The average Bonchev–Trinajstić information content (AvgIpc) is 2.68. The number of nitrogens with one attached hydrogen (secondary N) is 1. The highest BCUT2D eigenvalue weighted by molar-refractivity contribution is 5.76. The highest BCUT2D eigenvalue weighted by Gasteiger charge is 2.26. The number of carbonyl (C=O) groups is 1. The molecule has 10 heteroatoms. The zero-order valence-corrected chi connectivity index (χ0v) is 15.0. The highest BCUT2D eigenvalue weighted by atomic mass is 16.5. The second-order valence-electron chi connectivity index (χ2n) is 6.15. The summed E-state index contributed by atoms with van der Waals surface area (Å²) in [6, 6.07) is 1.25. The zero-order valence-electron chi connectivity index (χ0n) is 15.0. The second-order valence-corrected chi connectivity index (χ2v) is 6.15. The molecule has 0 aromatic carbocycles. The van der Waals surface area contributed by atoms with Crippen molar-refractivity contribution in [2.75, 3.05) is 20.2 Å². The van der Waals surface area contributed by atoms with E-state index >= 15 is 0 Å². The number of likely N-dealkylation sites (tertiary alicyclic amines) is 1. The number of ether oxygens (including phenoxy) is 2. The molecule has 3 rings (SSSR count). The summed E-state index contributed by atoms with van der Waals surface area (Å²) in [4.78, 5) is 47.3. The maximum Gasteiger partial charge on any atom is 0.328 e. The first-order valence-electron chi connectivity index (χ1n) is 8.66. The monoisotopic (exact) mass is 375 g/mol. The van der Waals surface area contributed by atoms with Crippen LogP contribution in [0.15, 0.2) is 34.2 Å². The third-order valence-electron chi connectivity index (χ3n) is 4.30. The number of H-pyrrole nitrogens is 1. The van der Waals surface area contributed by atoms with Gasteiger partial charge >= 0.3 is 5.69 Å². The van der Waals surface area contributed by atoms with Crippen molar-refractivity contribution in [2.24, 2.45) is 0 Å². The molecule has 0 saturated carbocycles. The van der Waals surface area contributed by atoms with E-state index in [1.54, 1.807) is 4.90 Å². The fourth-order valence-electron chi connectivity index (χ4n) is 2.95. The van der Waals surface area contributed by atoms with Crippen LogP contribution in [0.3, 0.4) is 0 Å². The van der Waals surface area contributed by atoms with Gasteiger partial charge in [-0.15, -0.1) is 0 Å². The average molecular weight is 375 g/mol. The van der Waals surface area contributed by atoms with E-state index in [-0.39, 0.29) is 25.0 Å². The van der Waals surface area contributed by atoms with E-state index in [1.165, 1.54) is 36.3 Å². The summed E-state index contributed by atoms with van der Waals surface area (Å²) in [5, 5.41) is 0. The van der Waals surface area contributed by atoms with E-state index in [2.05, 4.69) is 15.0 Å². The second kappa shape index (κ2) is 8.47. The normalized spacial score (nSPS) is 16.8. The topological polar surface area (TPSA) is 119 Å². The van der Waals surface area contributed by atoms with Crippen molar-refractivity contribution >= 4 is 5.91 Å². The zero-order chi connectivity index (χ0) is 19.2. The van der Waals surface area contributed by atoms with Gasteiger partial charge in [0.1, 0.15) is 6.10 Å². The van der Waals surface area contributed by atoms with Gasteiger partial charge in [-0.2, -0.15) is 0 Å². The molecule has 0 aliphatic carbocycles. The van der Waals surface area contributed by atoms with Crippen LogP contribution in [0.4, 0.5) is 0 Å². The lowest BCUT2D eigenvalue weighted by atomic mass is 10.1. The SMILES string of the molecule is COc1nccnc1O[C@@H]1CCCN(C(=O)CCn2ccc(=O)[nH]c2=O)C1. The van der Waals surface area contributed by atoms with Gasteiger partial charge in [-0.05, 0) is 12.8 Å². The molecule has 2 aromatic heterocycles. The number of aryl methyl sites for hydroxylation is 1.